The van der Waals surface area contributed by atoms with Crippen LogP contribution in [0.1, 0.15) is 5.56 Å². The van der Waals surface area contributed by atoms with Gasteiger partial charge in [0.15, 0.2) is 0 Å². The zero-order valence-electron chi connectivity index (χ0n) is 13.7. The van der Waals surface area contributed by atoms with Crippen LogP contribution in [0.5, 0.6) is 0 Å². The van der Waals surface area contributed by atoms with Crippen molar-refractivity contribution in [3.63, 3.8) is 0 Å². The average molecular weight is 343 g/mol. The van der Waals surface area contributed by atoms with E-state index in [1.165, 1.54) is 27.4 Å². The summed E-state index contributed by atoms with van der Waals surface area (Å²) in [6.07, 6.45) is 0. The molecule has 3 aromatic carbocycles. The second kappa shape index (κ2) is 5.33. The number of hydrogen-bond acceptors (Lipinski definition) is 1. The summed E-state index contributed by atoms with van der Waals surface area (Å²) in [5.74, 6) is 0.934. The monoisotopic (exact) mass is 342 g/mol. The van der Waals surface area contributed by atoms with E-state index in [1.807, 2.05) is 24.3 Å². The normalized spacial score (nSPS) is 11.6. The smallest absolute Gasteiger partial charge is 0.145 e. The average Bonchev–Trinajstić information content (AvgIpc) is 3.02. The maximum absolute atomic E-state index is 6.08. The molecule has 5 aromatic rings. The van der Waals surface area contributed by atoms with Gasteiger partial charge in [-0.25, -0.2) is 4.98 Å². The lowest BCUT2D eigenvalue weighted by atomic mass is 10.1. The van der Waals surface area contributed by atoms with Crippen LogP contribution < -0.4 is 0 Å². The van der Waals surface area contributed by atoms with Gasteiger partial charge in [0.1, 0.15) is 5.82 Å². The lowest BCUT2D eigenvalue weighted by Crippen LogP contribution is -1.97. The molecule has 0 amide bonds. The SMILES string of the molecule is Cc1ccc2nc(-c3ccc(Cl)cc3)n3c4ccccc4cc3c2c1. The van der Waals surface area contributed by atoms with Crippen LogP contribution in [-0.2, 0) is 0 Å². The van der Waals surface area contributed by atoms with Crippen molar-refractivity contribution < 1.29 is 0 Å². The van der Waals surface area contributed by atoms with E-state index in [2.05, 4.69) is 59.9 Å². The van der Waals surface area contributed by atoms with E-state index < -0.39 is 0 Å². The molecule has 0 N–H and O–H groups in total. The molecule has 3 heteroatoms. The molecule has 0 spiro atoms. The first-order valence-corrected chi connectivity index (χ1v) is 8.65. The Hall–Kier alpha value is -2.84. The molecule has 2 heterocycles. The summed E-state index contributed by atoms with van der Waals surface area (Å²) in [6, 6.07) is 25.0. The lowest BCUT2D eigenvalue weighted by Gasteiger charge is -2.11. The highest BCUT2D eigenvalue weighted by atomic mass is 35.5. The molecule has 0 bridgehead atoms. The summed E-state index contributed by atoms with van der Waals surface area (Å²) in [7, 11) is 0. The van der Waals surface area contributed by atoms with Gasteiger partial charge in [-0.15, -0.1) is 0 Å². The topological polar surface area (TPSA) is 17.3 Å². The summed E-state index contributed by atoms with van der Waals surface area (Å²) in [5.41, 5.74) is 5.64. The minimum atomic E-state index is 0.730. The third-order valence-corrected chi connectivity index (χ3v) is 4.93. The lowest BCUT2D eigenvalue weighted by molar-refractivity contribution is 1.17. The number of hydrogen-bond donors (Lipinski definition) is 0. The minimum absolute atomic E-state index is 0.730. The highest BCUT2D eigenvalue weighted by Crippen LogP contribution is 2.32. The van der Waals surface area contributed by atoms with Gasteiger partial charge >= 0.3 is 0 Å². The Morgan fingerprint density at radius 2 is 1.64 bits per heavy atom. The molecule has 0 atom stereocenters. The second-order valence-electron chi connectivity index (χ2n) is 6.39. The van der Waals surface area contributed by atoms with E-state index >= 15 is 0 Å². The van der Waals surface area contributed by atoms with Crippen molar-refractivity contribution in [3.8, 4) is 11.4 Å². The largest absolute Gasteiger partial charge is 0.293 e. The standard InChI is InChI=1S/C22H15ClN2/c1-14-6-11-19-18(12-14)21-13-16-4-2-3-5-20(16)25(21)22(24-19)15-7-9-17(23)10-8-15/h2-13H,1H3. The summed E-state index contributed by atoms with van der Waals surface area (Å²) < 4.78 is 2.25. The number of rotatable bonds is 1. The molecular formula is C22H15ClN2. The highest BCUT2D eigenvalue weighted by molar-refractivity contribution is 6.30. The van der Waals surface area contributed by atoms with Gasteiger partial charge in [-0.2, -0.15) is 0 Å². The number of fused-ring (bicyclic) bond motifs is 5. The Morgan fingerprint density at radius 3 is 2.48 bits per heavy atom. The van der Waals surface area contributed by atoms with Crippen LogP contribution >= 0.6 is 11.6 Å². The first-order chi connectivity index (χ1) is 12.2. The number of halogens is 1. The van der Waals surface area contributed by atoms with Gasteiger partial charge in [-0.3, -0.25) is 4.40 Å². The fourth-order valence-electron chi connectivity index (χ4n) is 3.49. The van der Waals surface area contributed by atoms with Crippen LogP contribution in [0.3, 0.4) is 0 Å². The predicted octanol–water partition coefficient (Wildman–Crippen LogP) is 6.27. The van der Waals surface area contributed by atoms with Gasteiger partial charge in [-0.1, -0.05) is 41.4 Å². The van der Waals surface area contributed by atoms with Crippen molar-refractivity contribution in [2.45, 2.75) is 6.92 Å². The molecule has 120 valence electrons. The molecule has 2 aromatic heterocycles. The van der Waals surface area contributed by atoms with E-state index in [0.29, 0.717) is 0 Å². The third-order valence-electron chi connectivity index (χ3n) is 4.68. The van der Waals surface area contributed by atoms with Crippen molar-refractivity contribution in [3.05, 3.63) is 83.4 Å². The quantitative estimate of drug-likeness (QED) is 0.351. The predicted molar refractivity (Wildman–Crippen MR) is 105 cm³/mol. The molecule has 0 saturated heterocycles. The van der Waals surface area contributed by atoms with Crippen LogP contribution in [0, 0.1) is 6.92 Å². The van der Waals surface area contributed by atoms with Crippen molar-refractivity contribution in [1.29, 1.82) is 0 Å². The number of aromatic nitrogens is 2. The van der Waals surface area contributed by atoms with Crippen LogP contribution in [0.25, 0.3) is 38.7 Å². The summed E-state index contributed by atoms with van der Waals surface area (Å²) in [4.78, 5) is 4.99. The Bertz CT molecular complexity index is 1250. The molecule has 0 aliphatic rings. The number of aryl methyl sites for hydroxylation is 1. The van der Waals surface area contributed by atoms with E-state index in [9.17, 15) is 0 Å². The van der Waals surface area contributed by atoms with Gasteiger partial charge in [0.05, 0.1) is 16.6 Å². The van der Waals surface area contributed by atoms with Gasteiger partial charge in [0, 0.05) is 21.4 Å². The van der Waals surface area contributed by atoms with Crippen LogP contribution in [0.15, 0.2) is 72.8 Å². The Labute approximate surface area is 150 Å². The third kappa shape index (κ3) is 2.22. The first kappa shape index (κ1) is 14.5. The maximum atomic E-state index is 6.08. The minimum Gasteiger partial charge on any atom is -0.293 e. The highest BCUT2D eigenvalue weighted by Gasteiger charge is 2.13. The molecular weight excluding hydrogens is 328 g/mol. The summed E-state index contributed by atoms with van der Waals surface area (Å²) in [5, 5.41) is 3.12. The van der Waals surface area contributed by atoms with Crippen molar-refractivity contribution in [1.82, 2.24) is 9.38 Å². The Morgan fingerprint density at radius 1 is 0.840 bits per heavy atom. The molecule has 25 heavy (non-hydrogen) atoms. The number of nitrogens with zero attached hydrogens (tertiary/aromatic N) is 2. The van der Waals surface area contributed by atoms with E-state index in [4.69, 9.17) is 16.6 Å². The second-order valence-corrected chi connectivity index (χ2v) is 6.82. The maximum Gasteiger partial charge on any atom is 0.145 e. The Kier molecular flexibility index (Phi) is 3.09. The molecule has 0 saturated carbocycles. The summed E-state index contributed by atoms with van der Waals surface area (Å²) >= 11 is 6.08. The van der Waals surface area contributed by atoms with Crippen molar-refractivity contribution in [2.75, 3.05) is 0 Å². The molecule has 0 fully saturated rings. The van der Waals surface area contributed by atoms with Gasteiger partial charge in [0.2, 0.25) is 0 Å². The molecule has 0 aliphatic heterocycles. The molecule has 0 aliphatic carbocycles. The van der Waals surface area contributed by atoms with Gasteiger partial charge < -0.3 is 0 Å². The van der Waals surface area contributed by atoms with Gasteiger partial charge in [-0.05, 0) is 55.5 Å². The van der Waals surface area contributed by atoms with E-state index in [1.54, 1.807) is 0 Å². The molecule has 0 unspecified atom stereocenters. The van der Waals surface area contributed by atoms with Crippen LogP contribution in [0.4, 0.5) is 0 Å². The fraction of sp³-hybridized carbons (Fsp3) is 0.0455. The number of benzene rings is 3. The van der Waals surface area contributed by atoms with Crippen LogP contribution in [-0.4, -0.2) is 9.38 Å². The molecule has 5 rings (SSSR count). The molecule has 0 radical (unpaired) electrons. The zero-order chi connectivity index (χ0) is 17.0. The molecule has 2 nitrogen and oxygen atoms in total. The van der Waals surface area contributed by atoms with Crippen molar-refractivity contribution >= 4 is 38.9 Å². The number of para-hydroxylation sites is 1. The van der Waals surface area contributed by atoms with Crippen molar-refractivity contribution in [2.24, 2.45) is 0 Å². The first-order valence-electron chi connectivity index (χ1n) is 8.27. The fourth-order valence-corrected chi connectivity index (χ4v) is 3.62. The van der Waals surface area contributed by atoms with Crippen LogP contribution in [0.2, 0.25) is 5.02 Å². The Balaban J connectivity index is 2.01. The zero-order valence-corrected chi connectivity index (χ0v) is 14.5. The van der Waals surface area contributed by atoms with E-state index in [0.717, 1.165) is 21.9 Å². The summed E-state index contributed by atoms with van der Waals surface area (Å²) in [6.45, 7) is 2.12. The van der Waals surface area contributed by atoms with Gasteiger partial charge in [0.25, 0.3) is 0 Å². The van der Waals surface area contributed by atoms with E-state index in [-0.39, 0.29) is 0 Å².